The smallest absolute Gasteiger partial charge is 0.337 e. The van der Waals surface area contributed by atoms with Crippen LogP contribution in [0.5, 0.6) is 0 Å². The summed E-state index contributed by atoms with van der Waals surface area (Å²) in [5.41, 5.74) is 4.57. The molecule has 0 aliphatic carbocycles. The van der Waals surface area contributed by atoms with Crippen LogP contribution >= 0.6 is 0 Å². The molecule has 2 aromatic rings. The van der Waals surface area contributed by atoms with Crippen LogP contribution in [0.1, 0.15) is 22.8 Å². The molecule has 0 bridgehead atoms. The van der Waals surface area contributed by atoms with Gasteiger partial charge in [0.05, 0.1) is 21.9 Å². The number of carboxylic acid groups (broad SMARTS) is 1. The summed E-state index contributed by atoms with van der Waals surface area (Å²) in [5, 5.41) is 13.3. The molecule has 6 nitrogen and oxygen atoms in total. The van der Waals surface area contributed by atoms with Crippen LogP contribution in [-0.2, 0) is 9.84 Å². The van der Waals surface area contributed by atoms with Crippen molar-refractivity contribution in [2.75, 3.05) is 11.7 Å². The normalized spacial score (nSPS) is 12.0. The standard InChI is InChI=1S/C16H16N2O4S/c1-11(12-7-9-13(10-8-12)23(2,21)22)17-18-15-6-4-3-5-14(15)16(19)20/h3-10,18H,1-2H3,(H,19,20). The van der Waals surface area contributed by atoms with E-state index in [4.69, 9.17) is 5.11 Å². The topological polar surface area (TPSA) is 95.8 Å². The van der Waals surface area contributed by atoms with E-state index in [-0.39, 0.29) is 10.5 Å². The van der Waals surface area contributed by atoms with Gasteiger partial charge in [0.15, 0.2) is 9.84 Å². The Bertz CT molecular complexity index is 856. The van der Waals surface area contributed by atoms with Crippen LogP contribution in [0.4, 0.5) is 5.69 Å². The number of anilines is 1. The summed E-state index contributed by atoms with van der Waals surface area (Å²) in [6.07, 6.45) is 1.15. The Kier molecular flexibility index (Phi) is 4.80. The van der Waals surface area contributed by atoms with Gasteiger partial charge >= 0.3 is 5.97 Å². The number of hydrogen-bond acceptors (Lipinski definition) is 5. The minimum absolute atomic E-state index is 0.122. The molecule has 23 heavy (non-hydrogen) atoms. The number of carboxylic acids is 1. The van der Waals surface area contributed by atoms with Gasteiger partial charge in [0, 0.05) is 6.26 Å². The van der Waals surface area contributed by atoms with Gasteiger partial charge in [-0.05, 0) is 36.8 Å². The predicted molar refractivity (Wildman–Crippen MR) is 88.8 cm³/mol. The molecule has 2 rings (SSSR count). The Morgan fingerprint density at radius 2 is 1.70 bits per heavy atom. The number of hydrogen-bond donors (Lipinski definition) is 2. The summed E-state index contributed by atoms with van der Waals surface area (Å²) in [5.74, 6) is -1.04. The lowest BCUT2D eigenvalue weighted by Crippen LogP contribution is -2.05. The Morgan fingerprint density at radius 3 is 2.26 bits per heavy atom. The summed E-state index contributed by atoms with van der Waals surface area (Å²) in [6, 6.07) is 12.8. The molecular weight excluding hydrogens is 316 g/mol. The van der Waals surface area contributed by atoms with E-state index >= 15 is 0 Å². The van der Waals surface area contributed by atoms with E-state index in [1.54, 1.807) is 37.3 Å². The highest BCUT2D eigenvalue weighted by Gasteiger charge is 2.09. The molecule has 0 saturated carbocycles. The van der Waals surface area contributed by atoms with Crippen LogP contribution in [0, 0.1) is 0 Å². The van der Waals surface area contributed by atoms with Crippen molar-refractivity contribution in [3.63, 3.8) is 0 Å². The molecule has 0 amide bonds. The van der Waals surface area contributed by atoms with E-state index in [0.717, 1.165) is 11.8 Å². The molecule has 0 aromatic heterocycles. The zero-order valence-corrected chi connectivity index (χ0v) is 13.5. The highest BCUT2D eigenvalue weighted by Crippen LogP contribution is 2.16. The van der Waals surface area contributed by atoms with Gasteiger partial charge in [-0.1, -0.05) is 24.3 Å². The summed E-state index contributed by atoms with van der Waals surface area (Å²) < 4.78 is 22.9. The molecule has 7 heteroatoms. The number of sulfone groups is 1. The maximum absolute atomic E-state index is 11.4. The SMILES string of the molecule is CC(=NNc1ccccc1C(=O)O)c1ccc(S(C)(=O)=O)cc1. The van der Waals surface area contributed by atoms with E-state index in [9.17, 15) is 13.2 Å². The van der Waals surface area contributed by atoms with E-state index in [1.807, 2.05) is 0 Å². The molecule has 2 aromatic carbocycles. The lowest BCUT2D eigenvalue weighted by atomic mass is 10.1. The minimum atomic E-state index is -3.24. The number of carbonyl (C=O) groups is 1. The fourth-order valence-corrected chi connectivity index (χ4v) is 2.55. The first-order valence-electron chi connectivity index (χ1n) is 6.72. The van der Waals surface area contributed by atoms with Gasteiger partial charge in [-0.25, -0.2) is 13.2 Å². The number of hydrazone groups is 1. The zero-order valence-electron chi connectivity index (χ0n) is 12.6. The molecule has 0 aliphatic rings. The second-order valence-electron chi connectivity index (χ2n) is 4.96. The average Bonchev–Trinajstić information content (AvgIpc) is 2.52. The van der Waals surface area contributed by atoms with Gasteiger partial charge < -0.3 is 5.11 Å². The number of rotatable bonds is 5. The highest BCUT2D eigenvalue weighted by molar-refractivity contribution is 7.90. The number of para-hydroxylation sites is 1. The quantitative estimate of drug-likeness (QED) is 0.648. The summed E-state index contributed by atoms with van der Waals surface area (Å²) in [4.78, 5) is 11.4. The molecule has 0 heterocycles. The predicted octanol–water partition coefficient (Wildman–Crippen LogP) is 2.62. The number of nitrogens with one attached hydrogen (secondary N) is 1. The maximum atomic E-state index is 11.4. The van der Waals surface area contributed by atoms with Crippen LogP contribution < -0.4 is 5.43 Å². The molecule has 0 unspecified atom stereocenters. The van der Waals surface area contributed by atoms with Gasteiger partial charge in [0.1, 0.15) is 0 Å². The lowest BCUT2D eigenvalue weighted by molar-refractivity contribution is 0.0698. The Balaban J connectivity index is 2.23. The van der Waals surface area contributed by atoms with Crippen LogP contribution in [0.3, 0.4) is 0 Å². The molecule has 2 N–H and O–H groups in total. The van der Waals surface area contributed by atoms with E-state index in [2.05, 4.69) is 10.5 Å². The molecule has 0 fully saturated rings. The molecular formula is C16H16N2O4S. The second kappa shape index (κ2) is 6.62. The molecule has 0 spiro atoms. The van der Waals surface area contributed by atoms with Crippen molar-refractivity contribution in [3.05, 3.63) is 59.7 Å². The van der Waals surface area contributed by atoms with Crippen molar-refractivity contribution in [2.24, 2.45) is 5.10 Å². The number of benzene rings is 2. The van der Waals surface area contributed by atoms with Crippen LogP contribution in [-0.4, -0.2) is 31.5 Å². The van der Waals surface area contributed by atoms with Crippen molar-refractivity contribution in [1.29, 1.82) is 0 Å². The first kappa shape index (κ1) is 16.7. The van der Waals surface area contributed by atoms with Gasteiger partial charge in [-0.3, -0.25) is 5.43 Å². The first-order chi connectivity index (χ1) is 10.8. The van der Waals surface area contributed by atoms with E-state index in [1.165, 1.54) is 18.2 Å². The number of nitrogens with zero attached hydrogens (tertiary/aromatic N) is 1. The summed E-state index contributed by atoms with van der Waals surface area (Å²) in [7, 11) is -3.24. The monoisotopic (exact) mass is 332 g/mol. The molecule has 0 atom stereocenters. The summed E-state index contributed by atoms with van der Waals surface area (Å²) in [6.45, 7) is 1.74. The first-order valence-corrected chi connectivity index (χ1v) is 8.61. The zero-order chi connectivity index (χ0) is 17.0. The van der Waals surface area contributed by atoms with Crippen LogP contribution in [0.25, 0.3) is 0 Å². The Hall–Kier alpha value is -2.67. The van der Waals surface area contributed by atoms with E-state index < -0.39 is 15.8 Å². The second-order valence-corrected chi connectivity index (χ2v) is 6.97. The summed E-state index contributed by atoms with van der Waals surface area (Å²) >= 11 is 0. The number of aromatic carboxylic acids is 1. The Labute approximate surface area is 134 Å². The molecule has 0 aliphatic heterocycles. The van der Waals surface area contributed by atoms with Gasteiger partial charge in [-0.15, -0.1) is 0 Å². The maximum Gasteiger partial charge on any atom is 0.337 e. The third kappa shape index (κ3) is 4.17. The van der Waals surface area contributed by atoms with Crippen LogP contribution in [0.15, 0.2) is 58.5 Å². The van der Waals surface area contributed by atoms with Crippen molar-refractivity contribution >= 4 is 27.2 Å². The van der Waals surface area contributed by atoms with Gasteiger partial charge in [-0.2, -0.15) is 5.10 Å². The van der Waals surface area contributed by atoms with Crippen molar-refractivity contribution in [2.45, 2.75) is 11.8 Å². The fraction of sp³-hybridized carbons (Fsp3) is 0.125. The lowest BCUT2D eigenvalue weighted by Gasteiger charge is -2.07. The minimum Gasteiger partial charge on any atom is -0.478 e. The van der Waals surface area contributed by atoms with Gasteiger partial charge in [0.25, 0.3) is 0 Å². The van der Waals surface area contributed by atoms with Crippen molar-refractivity contribution in [1.82, 2.24) is 0 Å². The fourth-order valence-electron chi connectivity index (χ4n) is 1.92. The highest BCUT2D eigenvalue weighted by atomic mass is 32.2. The van der Waals surface area contributed by atoms with Crippen molar-refractivity contribution in [3.8, 4) is 0 Å². The molecule has 0 radical (unpaired) electrons. The average molecular weight is 332 g/mol. The molecule has 0 saturated heterocycles. The third-order valence-electron chi connectivity index (χ3n) is 3.20. The third-order valence-corrected chi connectivity index (χ3v) is 4.33. The van der Waals surface area contributed by atoms with Crippen molar-refractivity contribution < 1.29 is 18.3 Å². The largest absolute Gasteiger partial charge is 0.478 e. The Morgan fingerprint density at radius 1 is 1.09 bits per heavy atom. The van der Waals surface area contributed by atoms with E-state index in [0.29, 0.717) is 11.4 Å². The molecule has 120 valence electrons. The van der Waals surface area contributed by atoms with Gasteiger partial charge in [0.2, 0.25) is 0 Å². The van der Waals surface area contributed by atoms with Crippen LogP contribution in [0.2, 0.25) is 0 Å².